The normalized spacial score (nSPS) is 11.9. The first-order valence-corrected chi connectivity index (χ1v) is 3.54. The maximum absolute atomic E-state index is 4.48. The fourth-order valence-electron chi connectivity index (χ4n) is 0.172. The van der Waals surface area contributed by atoms with Gasteiger partial charge >= 0.3 is 0 Å². The van der Waals surface area contributed by atoms with E-state index in [1.807, 2.05) is 13.8 Å². The monoisotopic (exact) mass is 258 g/mol. The Kier molecular flexibility index (Phi) is 4.20. The molecule has 0 N–H and O–H groups in total. The second kappa shape index (κ2) is 4.10. The molecule has 0 amide bonds. The van der Waals surface area contributed by atoms with Gasteiger partial charge in [0.1, 0.15) is 5.54 Å². The van der Waals surface area contributed by atoms with Gasteiger partial charge in [-0.25, -0.2) is 4.36 Å². The molecule has 0 aromatic rings. The van der Waals surface area contributed by atoms with Crippen molar-refractivity contribution in [1.29, 1.82) is 0 Å². The Hall–Kier alpha value is 0.220. The minimum Gasteiger partial charge on any atom is -0.327 e. The predicted octanol–water partition coefficient (Wildman–Crippen LogP) is 1.85. The second-order valence-electron chi connectivity index (χ2n) is 2.05. The Labute approximate surface area is 73.7 Å². The van der Waals surface area contributed by atoms with Crippen LogP contribution in [0.4, 0.5) is 0 Å². The third-order valence-electron chi connectivity index (χ3n) is 0.644. The topological polar surface area (TPSA) is 34.0 Å². The fourth-order valence-corrected chi connectivity index (χ4v) is 0.333. The van der Waals surface area contributed by atoms with Gasteiger partial charge in [-0.05, 0) is 13.8 Å². The van der Waals surface area contributed by atoms with E-state index >= 15 is 0 Å². The molecule has 0 radical (unpaired) electrons. The van der Waals surface area contributed by atoms with Crippen LogP contribution in [0.15, 0.2) is 9.52 Å². The van der Waals surface area contributed by atoms with Crippen molar-refractivity contribution >= 4 is 41.6 Å². The molecule has 0 fully saturated rings. The maximum atomic E-state index is 4.48. The van der Waals surface area contributed by atoms with Crippen LogP contribution in [0.2, 0.25) is 0 Å². The summed E-state index contributed by atoms with van der Waals surface area (Å²) in [7, 11) is 0. The zero-order valence-electron chi connectivity index (χ0n) is 5.17. The summed E-state index contributed by atoms with van der Waals surface area (Å²) in [5, 5.41) is 3.52. The van der Waals surface area contributed by atoms with Crippen LogP contribution >= 0.6 is 23.0 Å². The standard InChI is InChI=1S/C4H7IN2OS/c1-4(2,7-9)3-6-8-5/h3H,1-2H3/b6-3-. The number of halogens is 1. The smallest absolute Gasteiger partial charge is 0.230 e. The zero-order valence-corrected chi connectivity index (χ0v) is 8.14. The van der Waals surface area contributed by atoms with Crippen LogP contribution in [0.3, 0.4) is 0 Å². The van der Waals surface area contributed by atoms with Crippen LogP contribution in [0.5, 0.6) is 0 Å². The molecule has 0 aliphatic carbocycles. The molecule has 0 bridgehead atoms. The van der Waals surface area contributed by atoms with Gasteiger partial charge in [0, 0.05) is 12.4 Å². The van der Waals surface area contributed by atoms with E-state index in [2.05, 4.69) is 25.1 Å². The lowest BCUT2D eigenvalue weighted by molar-refractivity contribution is 0.460. The van der Waals surface area contributed by atoms with Crippen LogP contribution in [-0.4, -0.2) is 11.8 Å². The van der Waals surface area contributed by atoms with E-state index in [1.54, 1.807) is 29.2 Å². The molecule has 3 nitrogen and oxygen atoms in total. The molecule has 0 rings (SSSR count). The summed E-state index contributed by atoms with van der Waals surface area (Å²) in [6.07, 6.45) is 1.55. The zero-order chi connectivity index (χ0) is 7.33. The van der Waals surface area contributed by atoms with E-state index in [4.69, 9.17) is 0 Å². The van der Waals surface area contributed by atoms with Crippen LogP contribution in [0.25, 0.3) is 0 Å². The lowest BCUT2D eigenvalue weighted by atomic mass is 10.1. The third kappa shape index (κ3) is 4.71. The largest absolute Gasteiger partial charge is 0.327 e. The highest BCUT2D eigenvalue weighted by atomic mass is 127. The molecule has 0 aromatic carbocycles. The van der Waals surface area contributed by atoms with Crippen molar-refractivity contribution < 1.29 is 3.17 Å². The molecular weight excluding hydrogens is 251 g/mol. The van der Waals surface area contributed by atoms with Crippen molar-refractivity contribution in [2.75, 3.05) is 0 Å². The van der Waals surface area contributed by atoms with Crippen LogP contribution < -0.4 is 0 Å². The van der Waals surface area contributed by atoms with Gasteiger partial charge in [-0.1, -0.05) is 5.16 Å². The van der Waals surface area contributed by atoms with Crippen LogP contribution in [-0.2, 0) is 15.6 Å². The van der Waals surface area contributed by atoms with E-state index in [0.29, 0.717) is 0 Å². The Bertz CT molecular complexity index is 126. The number of hydrogen-bond acceptors (Lipinski definition) is 4. The number of rotatable bonds is 3. The first-order valence-electron chi connectivity index (χ1n) is 2.29. The van der Waals surface area contributed by atoms with Gasteiger partial charge in [0.2, 0.25) is 23.0 Å². The molecule has 0 atom stereocenters. The SMILES string of the molecule is CC(C)(/C=N\OI)N=S. The Morgan fingerprint density at radius 2 is 2.22 bits per heavy atom. The molecular formula is C4H7IN2OS. The van der Waals surface area contributed by atoms with Gasteiger partial charge < -0.3 is 3.17 Å². The maximum Gasteiger partial charge on any atom is 0.230 e. The van der Waals surface area contributed by atoms with Crippen LogP contribution in [0, 0.1) is 0 Å². The summed E-state index contributed by atoms with van der Waals surface area (Å²) in [5.41, 5.74) is -0.388. The molecule has 0 heterocycles. The Balaban J connectivity index is 3.84. The lowest BCUT2D eigenvalue weighted by Crippen LogP contribution is -2.16. The molecule has 0 aliphatic rings. The van der Waals surface area contributed by atoms with Crippen molar-refractivity contribution in [3.05, 3.63) is 0 Å². The third-order valence-corrected chi connectivity index (χ3v) is 1.34. The first kappa shape index (κ1) is 9.22. The van der Waals surface area contributed by atoms with Crippen molar-refractivity contribution in [1.82, 2.24) is 0 Å². The van der Waals surface area contributed by atoms with Crippen molar-refractivity contribution in [3.8, 4) is 0 Å². The van der Waals surface area contributed by atoms with E-state index < -0.39 is 0 Å². The average Bonchev–Trinajstić information content (AvgIpc) is 1.84. The van der Waals surface area contributed by atoms with Gasteiger partial charge in [0.25, 0.3) is 0 Å². The summed E-state index contributed by atoms with van der Waals surface area (Å²) in [5.74, 6) is 0. The number of hydrogen-bond donors (Lipinski definition) is 0. The molecule has 52 valence electrons. The minimum atomic E-state index is -0.388. The molecule has 9 heavy (non-hydrogen) atoms. The Morgan fingerprint density at radius 1 is 1.67 bits per heavy atom. The van der Waals surface area contributed by atoms with Crippen molar-refractivity contribution in [2.24, 2.45) is 9.52 Å². The summed E-state index contributed by atoms with van der Waals surface area (Å²) in [6, 6.07) is 0. The van der Waals surface area contributed by atoms with E-state index in [0.717, 1.165) is 0 Å². The molecule has 0 saturated heterocycles. The minimum absolute atomic E-state index is 0.388. The summed E-state index contributed by atoms with van der Waals surface area (Å²) >= 11 is 6.15. The highest BCUT2D eigenvalue weighted by molar-refractivity contribution is 14.1. The van der Waals surface area contributed by atoms with Gasteiger partial charge in [0.05, 0.1) is 6.21 Å². The fraction of sp³-hybridized carbons (Fsp3) is 0.750. The molecule has 5 heteroatoms. The van der Waals surface area contributed by atoms with Crippen LogP contribution in [0.1, 0.15) is 13.8 Å². The number of oxime groups is 1. The summed E-state index contributed by atoms with van der Waals surface area (Å²) in [6.45, 7) is 3.69. The van der Waals surface area contributed by atoms with E-state index in [9.17, 15) is 0 Å². The second-order valence-corrected chi connectivity index (χ2v) is 2.62. The Morgan fingerprint density at radius 3 is 2.56 bits per heavy atom. The van der Waals surface area contributed by atoms with Gasteiger partial charge in [-0.3, -0.25) is 0 Å². The average molecular weight is 258 g/mol. The highest BCUT2D eigenvalue weighted by Gasteiger charge is 2.11. The lowest BCUT2D eigenvalue weighted by Gasteiger charge is -2.07. The van der Waals surface area contributed by atoms with E-state index in [-0.39, 0.29) is 5.54 Å². The number of nitrogens with zero attached hydrogens (tertiary/aromatic N) is 2. The summed E-state index contributed by atoms with van der Waals surface area (Å²) < 4.78 is 8.02. The molecule has 0 aromatic heterocycles. The van der Waals surface area contributed by atoms with Gasteiger partial charge in [-0.2, -0.15) is 0 Å². The predicted molar refractivity (Wildman–Crippen MR) is 47.5 cm³/mol. The molecule has 0 aliphatic heterocycles. The van der Waals surface area contributed by atoms with Crippen molar-refractivity contribution in [3.63, 3.8) is 0 Å². The molecule has 0 unspecified atom stereocenters. The molecule has 0 saturated carbocycles. The van der Waals surface area contributed by atoms with Gasteiger partial charge in [-0.15, -0.1) is 0 Å². The van der Waals surface area contributed by atoms with Gasteiger partial charge in [0.15, 0.2) is 0 Å². The first-order chi connectivity index (χ1) is 4.12. The quantitative estimate of drug-likeness (QED) is 0.439. The summed E-state index contributed by atoms with van der Waals surface area (Å²) in [4.78, 5) is 0. The van der Waals surface area contributed by atoms with Crippen molar-refractivity contribution in [2.45, 2.75) is 19.4 Å². The highest BCUT2D eigenvalue weighted by Crippen LogP contribution is 2.03. The van der Waals surface area contributed by atoms with E-state index in [1.165, 1.54) is 0 Å². The molecule has 0 spiro atoms.